The largest absolute Gasteiger partial charge is 0.357 e. The van der Waals surface area contributed by atoms with Crippen LogP contribution >= 0.6 is 0 Å². The van der Waals surface area contributed by atoms with Gasteiger partial charge in [-0.25, -0.2) is 8.78 Å². The Hall–Kier alpha value is -2.69. The molecule has 0 atom stereocenters. The molecule has 23 heavy (non-hydrogen) atoms. The van der Waals surface area contributed by atoms with Crippen LogP contribution in [0.15, 0.2) is 42.5 Å². The molecule has 1 N–H and O–H groups in total. The molecule has 0 fully saturated rings. The van der Waals surface area contributed by atoms with Gasteiger partial charge in [-0.1, -0.05) is 18.2 Å². The van der Waals surface area contributed by atoms with Crippen molar-refractivity contribution in [3.05, 3.63) is 70.9 Å². The van der Waals surface area contributed by atoms with Gasteiger partial charge in [0.05, 0.1) is 12.1 Å². The average molecular weight is 312 g/mol. The van der Waals surface area contributed by atoms with Crippen LogP contribution in [-0.2, 0) is 13.0 Å². The molecule has 4 rings (SSSR count). The third-order valence-corrected chi connectivity index (χ3v) is 4.33. The van der Waals surface area contributed by atoms with Crippen molar-refractivity contribution in [2.75, 3.05) is 6.54 Å². The quantitative estimate of drug-likeness (QED) is 0.731. The number of para-hydroxylation sites is 1. The fourth-order valence-electron chi connectivity index (χ4n) is 3.20. The second-order valence-electron chi connectivity index (χ2n) is 5.73. The molecular formula is C18H14F2N2O. The number of nitrogens with zero attached hydrogens (tertiary/aromatic N) is 1. The number of nitrogens with one attached hydrogen (secondary N) is 1. The minimum absolute atomic E-state index is 0.0917. The summed E-state index contributed by atoms with van der Waals surface area (Å²) in [5.74, 6) is -1.92. The Labute approximate surface area is 131 Å². The van der Waals surface area contributed by atoms with Crippen molar-refractivity contribution in [1.82, 2.24) is 9.88 Å². The Kier molecular flexibility index (Phi) is 3.15. The van der Waals surface area contributed by atoms with E-state index in [-0.39, 0.29) is 5.56 Å². The van der Waals surface area contributed by atoms with Gasteiger partial charge in [0.1, 0.15) is 11.6 Å². The third kappa shape index (κ3) is 2.29. The number of hydrogen-bond donors (Lipinski definition) is 1. The smallest absolute Gasteiger partial charge is 0.257 e. The number of benzene rings is 2. The lowest BCUT2D eigenvalue weighted by molar-refractivity contribution is 0.0728. The Balaban J connectivity index is 1.66. The van der Waals surface area contributed by atoms with Gasteiger partial charge in [-0.15, -0.1) is 0 Å². The highest BCUT2D eigenvalue weighted by Crippen LogP contribution is 2.28. The van der Waals surface area contributed by atoms with Crippen LogP contribution in [0.2, 0.25) is 0 Å². The molecule has 0 spiro atoms. The zero-order chi connectivity index (χ0) is 16.0. The number of amides is 1. The summed E-state index contributed by atoms with van der Waals surface area (Å²) in [6, 6.07) is 11.1. The minimum Gasteiger partial charge on any atom is -0.357 e. The van der Waals surface area contributed by atoms with Crippen LogP contribution < -0.4 is 0 Å². The van der Waals surface area contributed by atoms with E-state index in [1.54, 1.807) is 4.90 Å². The summed E-state index contributed by atoms with van der Waals surface area (Å²) in [5.41, 5.74) is 3.14. The van der Waals surface area contributed by atoms with E-state index in [1.165, 1.54) is 17.0 Å². The Morgan fingerprint density at radius 2 is 1.96 bits per heavy atom. The highest BCUT2D eigenvalue weighted by Gasteiger charge is 2.26. The Morgan fingerprint density at radius 1 is 1.13 bits per heavy atom. The molecule has 0 saturated carbocycles. The van der Waals surface area contributed by atoms with E-state index in [1.807, 2.05) is 18.2 Å². The molecule has 0 radical (unpaired) electrons. The first-order valence-electron chi connectivity index (χ1n) is 7.46. The number of fused-ring (bicyclic) bond motifs is 3. The first-order valence-corrected chi connectivity index (χ1v) is 7.46. The minimum atomic E-state index is -0.822. The Morgan fingerprint density at radius 3 is 2.78 bits per heavy atom. The van der Waals surface area contributed by atoms with E-state index in [0.29, 0.717) is 19.5 Å². The van der Waals surface area contributed by atoms with Crippen molar-refractivity contribution in [2.45, 2.75) is 13.0 Å². The van der Waals surface area contributed by atoms with Gasteiger partial charge in [0.2, 0.25) is 0 Å². The molecule has 1 amide bonds. The van der Waals surface area contributed by atoms with Crippen LogP contribution in [0.3, 0.4) is 0 Å². The molecule has 3 nitrogen and oxygen atoms in total. The SMILES string of the molecule is O=C(c1ccc(F)cc1F)N1CCc2c([nH]c3ccccc23)C1. The van der Waals surface area contributed by atoms with Crippen LogP contribution in [0.5, 0.6) is 0 Å². The molecule has 3 aromatic rings. The fourth-order valence-corrected chi connectivity index (χ4v) is 3.20. The van der Waals surface area contributed by atoms with E-state index >= 15 is 0 Å². The number of H-pyrrole nitrogens is 1. The van der Waals surface area contributed by atoms with E-state index < -0.39 is 17.5 Å². The Bertz CT molecular complexity index is 917. The first kappa shape index (κ1) is 13.9. The van der Waals surface area contributed by atoms with Gasteiger partial charge in [0, 0.05) is 29.2 Å². The van der Waals surface area contributed by atoms with Crippen LogP contribution in [-0.4, -0.2) is 22.3 Å². The van der Waals surface area contributed by atoms with Crippen molar-refractivity contribution in [3.63, 3.8) is 0 Å². The van der Waals surface area contributed by atoms with Crippen LogP contribution in [0.4, 0.5) is 8.78 Å². The molecule has 1 aromatic heterocycles. The van der Waals surface area contributed by atoms with Crippen molar-refractivity contribution in [1.29, 1.82) is 0 Å². The monoisotopic (exact) mass is 312 g/mol. The van der Waals surface area contributed by atoms with Gasteiger partial charge < -0.3 is 9.88 Å². The maximum absolute atomic E-state index is 13.8. The van der Waals surface area contributed by atoms with Gasteiger partial charge in [0.15, 0.2) is 0 Å². The number of rotatable bonds is 1. The first-order chi connectivity index (χ1) is 11.1. The summed E-state index contributed by atoms with van der Waals surface area (Å²) in [6.45, 7) is 0.921. The summed E-state index contributed by atoms with van der Waals surface area (Å²) in [5, 5.41) is 1.17. The molecule has 116 valence electrons. The highest BCUT2D eigenvalue weighted by atomic mass is 19.1. The number of aromatic nitrogens is 1. The molecule has 2 heterocycles. The summed E-state index contributed by atoms with van der Waals surface area (Å²) in [7, 11) is 0. The van der Waals surface area contributed by atoms with Crippen molar-refractivity contribution >= 4 is 16.8 Å². The molecule has 0 bridgehead atoms. The molecule has 2 aromatic carbocycles. The number of hydrogen-bond acceptors (Lipinski definition) is 1. The van der Waals surface area contributed by atoms with E-state index in [4.69, 9.17) is 0 Å². The maximum atomic E-state index is 13.8. The second-order valence-corrected chi connectivity index (χ2v) is 5.73. The molecule has 1 aliphatic rings. The van der Waals surface area contributed by atoms with Crippen LogP contribution in [0.25, 0.3) is 10.9 Å². The van der Waals surface area contributed by atoms with Crippen LogP contribution in [0, 0.1) is 11.6 Å². The lowest BCUT2D eigenvalue weighted by Gasteiger charge is -2.27. The summed E-state index contributed by atoms with van der Waals surface area (Å²) >= 11 is 0. The van der Waals surface area contributed by atoms with E-state index in [0.717, 1.165) is 23.3 Å². The predicted molar refractivity (Wildman–Crippen MR) is 83.1 cm³/mol. The van der Waals surface area contributed by atoms with Crippen molar-refractivity contribution in [3.8, 4) is 0 Å². The molecule has 0 unspecified atom stereocenters. The second kappa shape index (κ2) is 5.19. The maximum Gasteiger partial charge on any atom is 0.257 e. The molecule has 1 aliphatic heterocycles. The average Bonchev–Trinajstić information content (AvgIpc) is 2.92. The number of carbonyl (C=O) groups is 1. The number of carbonyl (C=O) groups excluding carboxylic acids is 1. The summed E-state index contributed by atoms with van der Waals surface area (Å²) in [4.78, 5) is 17.4. The molecule has 5 heteroatoms. The topological polar surface area (TPSA) is 36.1 Å². The lowest BCUT2D eigenvalue weighted by atomic mass is 10.0. The number of aromatic amines is 1. The van der Waals surface area contributed by atoms with E-state index in [9.17, 15) is 13.6 Å². The summed E-state index contributed by atoms with van der Waals surface area (Å²) < 4.78 is 26.8. The third-order valence-electron chi connectivity index (χ3n) is 4.33. The van der Waals surface area contributed by atoms with Gasteiger partial charge in [-0.05, 0) is 30.2 Å². The summed E-state index contributed by atoms with van der Waals surface area (Å²) in [6.07, 6.45) is 0.716. The lowest BCUT2D eigenvalue weighted by Crippen LogP contribution is -2.36. The van der Waals surface area contributed by atoms with E-state index in [2.05, 4.69) is 11.1 Å². The molecule has 0 saturated heterocycles. The van der Waals surface area contributed by atoms with Crippen molar-refractivity contribution in [2.24, 2.45) is 0 Å². The van der Waals surface area contributed by atoms with Crippen LogP contribution in [0.1, 0.15) is 21.6 Å². The highest BCUT2D eigenvalue weighted by molar-refractivity contribution is 5.95. The fraction of sp³-hybridized carbons (Fsp3) is 0.167. The predicted octanol–water partition coefficient (Wildman–Crippen LogP) is 3.64. The van der Waals surface area contributed by atoms with Gasteiger partial charge in [-0.3, -0.25) is 4.79 Å². The van der Waals surface area contributed by atoms with Crippen molar-refractivity contribution < 1.29 is 13.6 Å². The molecule has 0 aliphatic carbocycles. The zero-order valence-electron chi connectivity index (χ0n) is 12.3. The van der Waals surface area contributed by atoms with Gasteiger partial charge in [-0.2, -0.15) is 0 Å². The number of halogens is 2. The molecular weight excluding hydrogens is 298 g/mol. The normalized spacial score (nSPS) is 14.1. The van der Waals surface area contributed by atoms with Gasteiger partial charge >= 0.3 is 0 Å². The van der Waals surface area contributed by atoms with Gasteiger partial charge in [0.25, 0.3) is 5.91 Å². The standard InChI is InChI=1S/C18H14F2N2O/c19-11-5-6-14(15(20)9-11)18(23)22-8-7-13-12-3-1-2-4-16(12)21-17(13)10-22/h1-6,9,21H,7-8,10H2. The zero-order valence-corrected chi connectivity index (χ0v) is 12.3.